The van der Waals surface area contributed by atoms with Crippen LogP contribution in [0.5, 0.6) is 11.5 Å². The molecule has 0 fully saturated rings. The van der Waals surface area contributed by atoms with Crippen LogP contribution in [-0.2, 0) is 0 Å². The number of hydrogen-bond acceptors (Lipinski definition) is 2. The van der Waals surface area contributed by atoms with Crippen molar-refractivity contribution >= 4 is 0 Å². The zero-order chi connectivity index (χ0) is 10.6. The Bertz CT molecular complexity index is 298. The van der Waals surface area contributed by atoms with Crippen LogP contribution >= 0.6 is 0 Å². The molecule has 0 N–H and O–H groups in total. The lowest BCUT2D eigenvalue weighted by Crippen LogP contribution is -2.17. The van der Waals surface area contributed by atoms with Crippen molar-refractivity contribution in [2.75, 3.05) is 6.86 Å². The van der Waals surface area contributed by atoms with Crippen molar-refractivity contribution in [1.82, 2.24) is 0 Å². The molecule has 0 aliphatic carbocycles. The maximum absolute atomic E-state index is 11.7. The fourth-order valence-electron chi connectivity index (χ4n) is 0.824. The van der Waals surface area contributed by atoms with Crippen molar-refractivity contribution in [3.8, 4) is 11.5 Å². The Morgan fingerprint density at radius 2 is 1.79 bits per heavy atom. The molecule has 0 unspecified atom stereocenters. The third kappa shape index (κ3) is 3.51. The van der Waals surface area contributed by atoms with Gasteiger partial charge in [-0.05, 0) is 12.1 Å². The minimum atomic E-state index is -4.76. The van der Waals surface area contributed by atoms with Gasteiger partial charge in [-0.15, -0.1) is 13.2 Å². The zero-order valence-electron chi connectivity index (χ0n) is 6.84. The number of rotatable bonds is 3. The molecule has 14 heavy (non-hydrogen) atoms. The van der Waals surface area contributed by atoms with E-state index in [0.29, 0.717) is 0 Å². The first-order valence-electron chi connectivity index (χ1n) is 3.56. The van der Waals surface area contributed by atoms with Crippen molar-refractivity contribution in [1.29, 1.82) is 0 Å². The monoisotopic (exact) mass is 210 g/mol. The lowest BCUT2D eigenvalue weighted by Gasteiger charge is -2.09. The fraction of sp³-hybridized carbons (Fsp3) is 0.250. The Kier molecular flexibility index (Phi) is 3.16. The molecule has 0 bridgehead atoms. The molecule has 1 aromatic carbocycles. The van der Waals surface area contributed by atoms with Crippen LogP contribution in [0.3, 0.4) is 0 Å². The van der Waals surface area contributed by atoms with Crippen LogP contribution in [0.4, 0.5) is 17.6 Å². The smallest absolute Gasteiger partial charge is 0.463 e. The Hall–Kier alpha value is -1.46. The van der Waals surface area contributed by atoms with Gasteiger partial charge in [0.05, 0.1) is 0 Å². The molecule has 0 spiro atoms. The van der Waals surface area contributed by atoms with Crippen LogP contribution in [-0.4, -0.2) is 13.2 Å². The Labute approximate surface area is 77.1 Å². The van der Waals surface area contributed by atoms with Gasteiger partial charge >= 0.3 is 6.36 Å². The highest BCUT2D eigenvalue weighted by molar-refractivity contribution is 5.32. The summed E-state index contributed by atoms with van der Waals surface area (Å²) in [5, 5.41) is 0. The van der Waals surface area contributed by atoms with Crippen LogP contribution in [0.15, 0.2) is 24.3 Å². The molecule has 0 saturated heterocycles. The van der Waals surface area contributed by atoms with Crippen LogP contribution in [0.25, 0.3) is 0 Å². The first-order chi connectivity index (χ1) is 6.51. The quantitative estimate of drug-likeness (QED) is 0.714. The minimum absolute atomic E-state index is 0.0192. The predicted molar refractivity (Wildman–Crippen MR) is 39.7 cm³/mol. The molecule has 0 aliphatic heterocycles. The van der Waals surface area contributed by atoms with E-state index in [9.17, 15) is 17.6 Å². The lowest BCUT2D eigenvalue weighted by atomic mass is 10.3. The van der Waals surface area contributed by atoms with E-state index in [0.717, 1.165) is 12.1 Å². The highest BCUT2D eigenvalue weighted by atomic mass is 19.4. The highest BCUT2D eigenvalue weighted by Gasteiger charge is 2.31. The van der Waals surface area contributed by atoms with Gasteiger partial charge in [-0.25, -0.2) is 4.39 Å². The van der Waals surface area contributed by atoms with E-state index < -0.39 is 19.0 Å². The molecule has 6 heteroatoms. The second kappa shape index (κ2) is 4.17. The maximum Gasteiger partial charge on any atom is 0.573 e. The molecule has 78 valence electrons. The third-order valence-corrected chi connectivity index (χ3v) is 1.26. The largest absolute Gasteiger partial charge is 0.573 e. The fourth-order valence-corrected chi connectivity index (χ4v) is 0.824. The number of ether oxygens (including phenoxy) is 2. The summed E-state index contributed by atoms with van der Waals surface area (Å²) in [6.45, 7) is -1.10. The number of hydrogen-bond donors (Lipinski definition) is 0. The second-order valence-corrected chi connectivity index (χ2v) is 2.28. The van der Waals surface area contributed by atoms with Crippen molar-refractivity contribution in [2.45, 2.75) is 6.36 Å². The van der Waals surface area contributed by atoms with Gasteiger partial charge in [-0.2, -0.15) is 0 Å². The Morgan fingerprint density at radius 3 is 2.36 bits per heavy atom. The van der Waals surface area contributed by atoms with Crippen LogP contribution in [0, 0.1) is 0 Å². The van der Waals surface area contributed by atoms with Gasteiger partial charge in [0.1, 0.15) is 11.5 Å². The van der Waals surface area contributed by atoms with Crippen LogP contribution in [0.2, 0.25) is 0 Å². The van der Waals surface area contributed by atoms with Crippen LogP contribution in [0.1, 0.15) is 0 Å². The van der Waals surface area contributed by atoms with Gasteiger partial charge in [0.2, 0.25) is 6.86 Å². The van der Waals surface area contributed by atoms with Gasteiger partial charge < -0.3 is 9.47 Å². The van der Waals surface area contributed by atoms with E-state index in [1.165, 1.54) is 12.1 Å². The SMILES string of the molecule is FCOc1cccc(OC(F)(F)F)c1. The Morgan fingerprint density at radius 1 is 1.14 bits per heavy atom. The summed E-state index contributed by atoms with van der Waals surface area (Å²) in [5.74, 6) is -0.460. The van der Waals surface area contributed by atoms with Crippen molar-refractivity contribution in [2.24, 2.45) is 0 Å². The summed E-state index contributed by atoms with van der Waals surface area (Å²) in [4.78, 5) is 0. The summed E-state index contributed by atoms with van der Waals surface area (Å²) >= 11 is 0. The molecule has 1 aromatic rings. The topological polar surface area (TPSA) is 18.5 Å². The zero-order valence-corrected chi connectivity index (χ0v) is 6.84. The molecule has 0 aromatic heterocycles. The molecule has 0 saturated carbocycles. The lowest BCUT2D eigenvalue weighted by molar-refractivity contribution is -0.274. The van der Waals surface area contributed by atoms with Crippen molar-refractivity contribution < 1.29 is 27.0 Å². The van der Waals surface area contributed by atoms with E-state index in [2.05, 4.69) is 9.47 Å². The number of benzene rings is 1. The molecule has 0 radical (unpaired) electrons. The molecule has 0 amide bonds. The predicted octanol–water partition coefficient (Wildman–Crippen LogP) is 2.89. The summed E-state index contributed by atoms with van der Waals surface area (Å²) in [5.41, 5.74) is 0. The Balaban J connectivity index is 2.73. The average molecular weight is 210 g/mol. The maximum atomic E-state index is 11.7. The molecule has 0 aliphatic rings. The summed E-state index contributed by atoms with van der Waals surface area (Å²) < 4.78 is 54.8. The molecular formula is C8H6F4O2. The molecule has 0 atom stereocenters. The van der Waals surface area contributed by atoms with E-state index >= 15 is 0 Å². The second-order valence-electron chi connectivity index (χ2n) is 2.28. The molecular weight excluding hydrogens is 204 g/mol. The normalized spacial score (nSPS) is 11.1. The minimum Gasteiger partial charge on any atom is -0.463 e. The summed E-state index contributed by atoms with van der Waals surface area (Å²) in [6.07, 6.45) is -4.76. The number of halogens is 4. The van der Waals surface area contributed by atoms with Gasteiger partial charge in [0, 0.05) is 6.07 Å². The van der Waals surface area contributed by atoms with Gasteiger partial charge in [-0.1, -0.05) is 6.07 Å². The van der Waals surface area contributed by atoms with E-state index in [4.69, 9.17) is 0 Å². The molecule has 0 heterocycles. The van der Waals surface area contributed by atoms with Gasteiger partial charge in [0.25, 0.3) is 0 Å². The molecule has 1 rings (SSSR count). The standard InChI is InChI=1S/C8H6F4O2/c9-5-13-6-2-1-3-7(4-6)14-8(10,11)12/h1-4H,5H2. The summed E-state index contributed by atoms with van der Waals surface area (Å²) in [6, 6.07) is 4.64. The van der Waals surface area contributed by atoms with Crippen molar-refractivity contribution in [3.63, 3.8) is 0 Å². The highest BCUT2D eigenvalue weighted by Crippen LogP contribution is 2.25. The van der Waals surface area contributed by atoms with Crippen LogP contribution < -0.4 is 9.47 Å². The molecule has 2 nitrogen and oxygen atoms in total. The first kappa shape index (κ1) is 10.6. The summed E-state index contributed by atoms with van der Waals surface area (Å²) in [7, 11) is 0. The third-order valence-electron chi connectivity index (χ3n) is 1.26. The van der Waals surface area contributed by atoms with E-state index in [1.807, 2.05) is 0 Å². The van der Waals surface area contributed by atoms with Crippen molar-refractivity contribution in [3.05, 3.63) is 24.3 Å². The first-order valence-corrected chi connectivity index (χ1v) is 3.56. The van der Waals surface area contributed by atoms with E-state index in [-0.39, 0.29) is 5.75 Å². The van der Waals surface area contributed by atoms with Gasteiger partial charge in [-0.3, -0.25) is 0 Å². The average Bonchev–Trinajstić information content (AvgIpc) is 2.02. The number of alkyl halides is 4. The van der Waals surface area contributed by atoms with E-state index in [1.54, 1.807) is 0 Å². The van der Waals surface area contributed by atoms with Gasteiger partial charge in [0.15, 0.2) is 0 Å².